The lowest BCUT2D eigenvalue weighted by Gasteiger charge is -2.22. The maximum atomic E-state index is 5.86. The summed E-state index contributed by atoms with van der Waals surface area (Å²) in [6.07, 6.45) is 0. The number of hydrogen-bond donors (Lipinski definition) is 1. The number of anilines is 4. The molecular weight excluding hydrogens is 453 g/mol. The summed E-state index contributed by atoms with van der Waals surface area (Å²) in [5.74, 6) is 2.29. The van der Waals surface area contributed by atoms with Gasteiger partial charge >= 0.3 is 0 Å². The quantitative estimate of drug-likeness (QED) is 0.316. The summed E-state index contributed by atoms with van der Waals surface area (Å²) in [5.41, 5.74) is 5.29. The molecule has 1 aromatic heterocycles. The number of imidazole rings is 1. The van der Waals surface area contributed by atoms with Gasteiger partial charge in [-0.05, 0) is 49.9 Å². The van der Waals surface area contributed by atoms with Crippen molar-refractivity contribution in [2.24, 2.45) is 0 Å². The minimum absolute atomic E-state index is 0.640. The third-order valence-corrected chi connectivity index (χ3v) is 6.85. The van der Waals surface area contributed by atoms with Gasteiger partial charge in [-0.25, -0.2) is 4.98 Å². The van der Waals surface area contributed by atoms with Gasteiger partial charge in [-0.3, -0.25) is 9.80 Å². The fourth-order valence-corrected chi connectivity index (χ4v) is 5.33. The first kappa shape index (κ1) is 20.9. The molecule has 0 fully saturated rings. The van der Waals surface area contributed by atoms with E-state index in [4.69, 9.17) is 29.4 Å². The molecule has 0 bridgehead atoms. The third-order valence-electron chi connectivity index (χ3n) is 5.27. The number of rotatable bonds is 3. The summed E-state index contributed by atoms with van der Waals surface area (Å²) in [6.45, 7) is 4.14. The number of H-pyrrole nitrogens is 1. The molecular formula is C25H20N4S3. The van der Waals surface area contributed by atoms with Gasteiger partial charge in [0.25, 0.3) is 0 Å². The molecule has 0 spiro atoms. The Morgan fingerprint density at radius 2 is 1.25 bits per heavy atom. The number of aromatic nitrogens is 2. The highest BCUT2D eigenvalue weighted by atomic mass is 32.2. The van der Waals surface area contributed by atoms with Gasteiger partial charge in [-0.1, -0.05) is 90.2 Å². The van der Waals surface area contributed by atoms with Crippen LogP contribution in [-0.4, -0.2) is 18.6 Å². The van der Waals surface area contributed by atoms with Crippen molar-refractivity contribution in [2.45, 2.75) is 13.8 Å². The van der Waals surface area contributed by atoms with Gasteiger partial charge in [-0.2, -0.15) is 0 Å². The van der Waals surface area contributed by atoms with Crippen LogP contribution in [0.3, 0.4) is 0 Å². The van der Waals surface area contributed by atoms with Gasteiger partial charge in [0.15, 0.2) is 20.3 Å². The Morgan fingerprint density at radius 1 is 0.719 bits per heavy atom. The molecule has 4 nitrogen and oxygen atoms in total. The van der Waals surface area contributed by atoms with Crippen LogP contribution < -0.4 is 9.80 Å². The van der Waals surface area contributed by atoms with E-state index in [9.17, 15) is 0 Å². The van der Waals surface area contributed by atoms with Crippen LogP contribution in [0.25, 0.3) is 11.4 Å². The summed E-state index contributed by atoms with van der Waals surface area (Å²) in [4.78, 5) is 12.6. The first-order chi connectivity index (χ1) is 15.5. The molecule has 0 atom stereocenters. The first-order valence-corrected chi connectivity index (χ1v) is 11.8. The fraction of sp³-hybridized carbons (Fsp3) is 0.0800. The Kier molecular flexibility index (Phi) is 5.55. The summed E-state index contributed by atoms with van der Waals surface area (Å²) in [7, 11) is 0. The van der Waals surface area contributed by atoms with E-state index in [1.54, 1.807) is 0 Å². The van der Waals surface area contributed by atoms with Gasteiger partial charge in [-0.15, -0.1) is 0 Å². The molecule has 2 heterocycles. The highest BCUT2D eigenvalue weighted by Gasteiger charge is 2.33. The lowest BCUT2D eigenvalue weighted by Crippen LogP contribution is -2.22. The van der Waals surface area contributed by atoms with Crippen LogP contribution in [0.1, 0.15) is 11.1 Å². The van der Waals surface area contributed by atoms with Crippen LogP contribution in [-0.2, 0) is 0 Å². The van der Waals surface area contributed by atoms with Crippen LogP contribution >= 0.6 is 36.2 Å². The predicted octanol–water partition coefficient (Wildman–Crippen LogP) is 7.29. The number of benzene rings is 3. The van der Waals surface area contributed by atoms with Gasteiger partial charge in [0.1, 0.15) is 5.82 Å². The molecule has 1 N–H and O–H groups in total. The molecule has 0 saturated carbocycles. The minimum Gasteiger partial charge on any atom is -0.322 e. The smallest absolute Gasteiger partial charge is 0.183 e. The second-order valence-corrected chi connectivity index (χ2v) is 9.87. The normalized spacial score (nSPS) is 13.8. The zero-order valence-electron chi connectivity index (χ0n) is 17.6. The number of hydrogen-bond acceptors (Lipinski definition) is 4. The maximum Gasteiger partial charge on any atom is 0.183 e. The number of thiocarbonyl (C=S) groups is 2. The second kappa shape index (κ2) is 8.50. The molecule has 4 aromatic rings. The van der Waals surface area contributed by atoms with Crippen LogP contribution in [0.2, 0.25) is 0 Å². The SMILES string of the molecule is Cc1ccc(N2C(=S)SC(=S)N(c3ccc(C)cc3)c3[nH]c(-c4ccccc4)nc32)cc1. The number of fused-ring (bicyclic) bond motifs is 1. The Labute approximate surface area is 202 Å². The number of aromatic amines is 1. The van der Waals surface area contributed by atoms with E-state index in [0.29, 0.717) is 8.64 Å². The van der Waals surface area contributed by atoms with Crippen molar-refractivity contribution >= 4 is 67.8 Å². The van der Waals surface area contributed by atoms with E-state index in [-0.39, 0.29) is 0 Å². The van der Waals surface area contributed by atoms with Crippen molar-refractivity contribution in [3.05, 3.63) is 90.0 Å². The van der Waals surface area contributed by atoms with Crippen LogP contribution in [0, 0.1) is 13.8 Å². The molecule has 0 unspecified atom stereocenters. The summed E-state index contributed by atoms with van der Waals surface area (Å²) in [5, 5.41) is 0. The molecule has 1 aliphatic heterocycles. The fourth-order valence-electron chi connectivity index (χ4n) is 3.59. The number of nitrogens with one attached hydrogen (secondary N) is 1. The van der Waals surface area contributed by atoms with Crippen LogP contribution in [0.4, 0.5) is 23.0 Å². The first-order valence-electron chi connectivity index (χ1n) is 10.2. The monoisotopic (exact) mass is 472 g/mol. The topological polar surface area (TPSA) is 35.2 Å². The van der Waals surface area contributed by atoms with Crippen molar-refractivity contribution in [1.29, 1.82) is 0 Å². The molecule has 0 radical (unpaired) electrons. The van der Waals surface area contributed by atoms with Crippen molar-refractivity contribution in [2.75, 3.05) is 9.80 Å². The van der Waals surface area contributed by atoms with Crippen molar-refractivity contribution in [1.82, 2.24) is 9.97 Å². The Morgan fingerprint density at radius 3 is 1.84 bits per heavy atom. The Balaban J connectivity index is 1.73. The van der Waals surface area contributed by atoms with Crippen LogP contribution in [0.5, 0.6) is 0 Å². The Bertz CT molecular complexity index is 1210. The van der Waals surface area contributed by atoms with Crippen LogP contribution in [0.15, 0.2) is 78.9 Å². The third kappa shape index (κ3) is 3.83. The average molecular weight is 473 g/mol. The van der Waals surface area contributed by atoms with Crippen molar-refractivity contribution < 1.29 is 0 Å². The van der Waals surface area contributed by atoms with Gasteiger partial charge in [0.05, 0.1) is 0 Å². The molecule has 7 heteroatoms. The molecule has 0 aliphatic carbocycles. The zero-order chi connectivity index (χ0) is 22.2. The van der Waals surface area contributed by atoms with E-state index in [1.807, 2.05) is 40.1 Å². The molecule has 5 rings (SSSR count). The largest absolute Gasteiger partial charge is 0.322 e. The number of thioether (sulfide) groups is 1. The predicted molar refractivity (Wildman–Crippen MR) is 143 cm³/mol. The molecule has 0 amide bonds. The summed E-state index contributed by atoms with van der Waals surface area (Å²) >= 11 is 13.1. The molecule has 32 heavy (non-hydrogen) atoms. The van der Waals surface area contributed by atoms with E-state index in [0.717, 1.165) is 34.4 Å². The minimum atomic E-state index is 0.640. The number of nitrogens with zero attached hydrogens (tertiary/aromatic N) is 3. The average Bonchev–Trinajstić information content (AvgIpc) is 3.18. The summed E-state index contributed by atoms with van der Waals surface area (Å²) in [6, 6.07) is 26.7. The maximum absolute atomic E-state index is 5.86. The zero-order valence-corrected chi connectivity index (χ0v) is 20.0. The lowest BCUT2D eigenvalue weighted by atomic mass is 10.2. The molecule has 3 aromatic carbocycles. The van der Waals surface area contributed by atoms with Gasteiger partial charge in [0.2, 0.25) is 0 Å². The van der Waals surface area contributed by atoms with Gasteiger partial charge in [0, 0.05) is 16.9 Å². The second-order valence-electron chi connectivity index (χ2n) is 7.60. The summed E-state index contributed by atoms with van der Waals surface area (Å²) < 4.78 is 1.29. The Hall–Kier alpha value is -3.00. The van der Waals surface area contributed by atoms with Crippen molar-refractivity contribution in [3.8, 4) is 11.4 Å². The van der Waals surface area contributed by atoms with E-state index in [2.05, 4.69) is 67.4 Å². The number of aryl methyl sites for hydroxylation is 2. The lowest BCUT2D eigenvalue weighted by molar-refractivity contribution is 1.26. The van der Waals surface area contributed by atoms with Gasteiger partial charge < -0.3 is 4.98 Å². The van der Waals surface area contributed by atoms with E-state index >= 15 is 0 Å². The highest BCUT2D eigenvalue weighted by molar-refractivity contribution is 8.38. The molecule has 0 saturated heterocycles. The van der Waals surface area contributed by atoms with E-state index < -0.39 is 0 Å². The molecule has 1 aliphatic rings. The standard InChI is InChI=1S/C25H20N4S3/c1-16-8-12-19(13-9-16)28-22-23(27-21(26-22)18-6-4-3-5-7-18)29(25(31)32-24(28)30)20-14-10-17(2)11-15-20/h3-15H,1-2H3,(H,26,27). The molecule has 158 valence electrons. The van der Waals surface area contributed by atoms with Crippen molar-refractivity contribution in [3.63, 3.8) is 0 Å². The highest BCUT2D eigenvalue weighted by Crippen LogP contribution is 2.44. The van der Waals surface area contributed by atoms with E-state index in [1.165, 1.54) is 22.9 Å².